The second-order valence-electron chi connectivity index (χ2n) is 4.76. The first-order chi connectivity index (χ1) is 7.94. The zero-order valence-corrected chi connectivity index (χ0v) is 11.6. The summed E-state index contributed by atoms with van der Waals surface area (Å²) in [5.74, 6) is 0.977. The molecule has 0 fully saturated rings. The van der Waals surface area contributed by atoms with Crippen LogP contribution < -0.4 is 0 Å². The molecule has 1 amide bonds. The van der Waals surface area contributed by atoms with Gasteiger partial charge >= 0.3 is 0 Å². The molecule has 0 saturated heterocycles. The van der Waals surface area contributed by atoms with Crippen LogP contribution in [0.1, 0.15) is 34.1 Å². The molecule has 17 heavy (non-hydrogen) atoms. The monoisotopic (exact) mass is 260 g/mol. The first-order valence-electron chi connectivity index (χ1n) is 5.71. The van der Waals surface area contributed by atoms with Gasteiger partial charge in [0, 0.05) is 6.42 Å². The summed E-state index contributed by atoms with van der Waals surface area (Å²) in [6, 6.07) is 0. The van der Waals surface area contributed by atoms with Crippen molar-refractivity contribution in [3.05, 3.63) is 0 Å². The Balaban J connectivity index is 2.36. The van der Waals surface area contributed by atoms with Crippen LogP contribution in [0.3, 0.4) is 0 Å². The van der Waals surface area contributed by atoms with Gasteiger partial charge in [-0.2, -0.15) is 0 Å². The maximum Gasteiger partial charge on any atom is 0.233 e. The summed E-state index contributed by atoms with van der Waals surface area (Å²) in [4.78, 5) is 21.6. The second-order valence-corrected chi connectivity index (χ2v) is 6.10. The third-order valence-electron chi connectivity index (χ3n) is 1.91. The SMILES string of the molecule is CCSC1=NOC(CN(C=O)OC(C)(C)C)C1. The average molecular weight is 260 g/mol. The lowest BCUT2D eigenvalue weighted by Crippen LogP contribution is -2.38. The standard InChI is InChI=1S/C11H20N2O3S/c1-5-17-10-6-9(15-12-10)7-13(8-14)16-11(2,3)4/h8-9H,5-7H2,1-4H3. The molecular formula is C11H20N2O3S. The van der Waals surface area contributed by atoms with Gasteiger partial charge in [-0.05, 0) is 26.5 Å². The second kappa shape index (κ2) is 6.26. The number of thioether (sulfide) groups is 1. The van der Waals surface area contributed by atoms with Crippen molar-refractivity contribution in [2.24, 2.45) is 5.16 Å². The number of carbonyl (C=O) groups is 1. The largest absolute Gasteiger partial charge is 0.389 e. The fourth-order valence-corrected chi connectivity index (χ4v) is 2.14. The maximum atomic E-state index is 10.9. The number of oxime groups is 1. The summed E-state index contributed by atoms with van der Waals surface area (Å²) < 4.78 is 0. The van der Waals surface area contributed by atoms with Crippen LogP contribution in [0.4, 0.5) is 0 Å². The highest BCUT2D eigenvalue weighted by Gasteiger charge is 2.25. The Bertz CT molecular complexity index is 289. The number of hydroxylamine groups is 2. The molecule has 0 N–H and O–H groups in total. The minimum atomic E-state index is -0.388. The average Bonchev–Trinajstić information content (AvgIpc) is 2.63. The minimum Gasteiger partial charge on any atom is -0.389 e. The molecule has 1 unspecified atom stereocenters. The van der Waals surface area contributed by atoms with Gasteiger partial charge in [-0.3, -0.25) is 9.63 Å². The molecule has 0 bridgehead atoms. The van der Waals surface area contributed by atoms with Crippen molar-refractivity contribution in [1.29, 1.82) is 0 Å². The number of hydrogen-bond acceptors (Lipinski definition) is 5. The Kier molecular flexibility index (Phi) is 5.27. The van der Waals surface area contributed by atoms with E-state index in [0.29, 0.717) is 13.0 Å². The summed E-state index contributed by atoms with van der Waals surface area (Å²) in [7, 11) is 0. The van der Waals surface area contributed by atoms with E-state index in [1.807, 2.05) is 20.8 Å². The van der Waals surface area contributed by atoms with Gasteiger partial charge in [0.15, 0.2) is 6.10 Å². The van der Waals surface area contributed by atoms with Crippen LogP contribution in [0.2, 0.25) is 0 Å². The molecule has 0 radical (unpaired) electrons. The molecule has 1 aliphatic heterocycles. The molecule has 98 valence electrons. The van der Waals surface area contributed by atoms with Crippen LogP contribution in [0.25, 0.3) is 0 Å². The molecule has 1 heterocycles. The number of nitrogens with zero attached hydrogens (tertiary/aromatic N) is 2. The molecule has 0 spiro atoms. The summed E-state index contributed by atoms with van der Waals surface area (Å²) >= 11 is 1.67. The fourth-order valence-electron chi connectivity index (χ4n) is 1.41. The fraction of sp³-hybridized carbons (Fsp3) is 0.818. The zero-order valence-electron chi connectivity index (χ0n) is 10.8. The summed E-state index contributed by atoms with van der Waals surface area (Å²) in [5.41, 5.74) is -0.388. The van der Waals surface area contributed by atoms with Crippen molar-refractivity contribution in [1.82, 2.24) is 5.06 Å². The van der Waals surface area contributed by atoms with Gasteiger partial charge in [-0.15, -0.1) is 11.8 Å². The molecule has 0 aliphatic carbocycles. The van der Waals surface area contributed by atoms with Gasteiger partial charge in [0.25, 0.3) is 0 Å². The van der Waals surface area contributed by atoms with E-state index in [0.717, 1.165) is 17.2 Å². The lowest BCUT2D eigenvalue weighted by atomic mass is 10.2. The van der Waals surface area contributed by atoms with Crippen LogP contribution >= 0.6 is 11.8 Å². The van der Waals surface area contributed by atoms with Crippen LogP contribution in [0.5, 0.6) is 0 Å². The quantitative estimate of drug-likeness (QED) is 0.560. The number of rotatable bonds is 5. The van der Waals surface area contributed by atoms with E-state index in [-0.39, 0.29) is 11.7 Å². The molecule has 5 nitrogen and oxygen atoms in total. The molecule has 0 aromatic carbocycles. The number of carbonyl (C=O) groups excluding carboxylic acids is 1. The lowest BCUT2D eigenvalue weighted by Gasteiger charge is -2.27. The lowest BCUT2D eigenvalue weighted by molar-refractivity contribution is -0.224. The summed E-state index contributed by atoms with van der Waals surface area (Å²) in [6.45, 7) is 8.16. The molecule has 0 aromatic rings. The molecule has 1 rings (SSSR count). The van der Waals surface area contributed by atoms with Crippen LogP contribution in [-0.2, 0) is 14.5 Å². The van der Waals surface area contributed by atoms with Crippen LogP contribution in [-0.4, -0.2) is 40.5 Å². The van der Waals surface area contributed by atoms with Gasteiger partial charge in [0.2, 0.25) is 6.41 Å². The van der Waals surface area contributed by atoms with Gasteiger partial charge in [-0.25, -0.2) is 5.06 Å². The van der Waals surface area contributed by atoms with Crippen LogP contribution in [0, 0.1) is 0 Å². The van der Waals surface area contributed by atoms with Crippen molar-refractivity contribution in [3.63, 3.8) is 0 Å². The van der Waals surface area contributed by atoms with Crippen molar-refractivity contribution in [2.45, 2.75) is 45.8 Å². The van der Waals surface area contributed by atoms with E-state index in [1.165, 1.54) is 5.06 Å². The normalized spacial score (nSPS) is 19.8. The molecule has 0 aromatic heterocycles. The first-order valence-corrected chi connectivity index (χ1v) is 6.69. The van der Waals surface area contributed by atoms with E-state index < -0.39 is 0 Å². The minimum absolute atomic E-state index is 0.100. The van der Waals surface area contributed by atoms with Crippen molar-refractivity contribution in [3.8, 4) is 0 Å². The zero-order chi connectivity index (χ0) is 12.9. The van der Waals surface area contributed by atoms with Gasteiger partial charge in [0.05, 0.1) is 12.1 Å². The predicted molar refractivity (Wildman–Crippen MR) is 68.7 cm³/mol. The Morgan fingerprint density at radius 1 is 1.65 bits per heavy atom. The number of amides is 1. The summed E-state index contributed by atoms with van der Waals surface area (Å²) in [5, 5.41) is 6.23. The molecule has 1 aliphatic rings. The molecular weight excluding hydrogens is 240 g/mol. The van der Waals surface area contributed by atoms with E-state index in [9.17, 15) is 4.79 Å². The summed E-state index contributed by atoms with van der Waals surface area (Å²) in [6.07, 6.45) is 1.33. The van der Waals surface area contributed by atoms with Gasteiger partial charge in [-0.1, -0.05) is 12.1 Å². The van der Waals surface area contributed by atoms with Crippen LogP contribution in [0.15, 0.2) is 5.16 Å². The third kappa shape index (κ3) is 5.41. The topological polar surface area (TPSA) is 51.1 Å². The predicted octanol–water partition coefficient (Wildman–Crippen LogP) is 2.03. The Morgan fingerprint density at radius 3 is 2.88 bits per heavy atom. The van der Waals surface area contributed by atoms with Gasteiger partial charge in [0.1, 0.15) is 5.04 Å². The number of hydrogen-bond donors (Lipinski definition) is 0. The first kappa shape index (κ1) is 14.3. The Hall–Kier alpha value is -0.750. The maximum absolute atomic E-state index is 10.9. The van der Waals surface area contributed by atoms with E-state index >= 15 is 0 Å². The Labute approximate surface area is 106 Å². The van der Waals surface area contributed by atoms with Crippen molar-refractivity contribution < 1.29 is 14.5 Å². The van der Waals surface area contributed by atoms with E-state index in [2.05, 4.69) is 12.1 Å². The van der Waals surface area contributed by atoms with E-state index in [1.54, 1.807) is 11.8 Å². The molecule has 6 heteroatoms. The highest BCUT2D eigenvalue weighted by molar-refractivity contribution is 8.13. The third-order valence-corrected chi connectivity index (χ3v) is 2.77. The smallest absolute Gasteiger partial charge is 0.233 e. The van der Waals surface area contributed by atoms with Crippen molar-refractivity contribution >= 4 is 23.2 Å². The Morgan fingerprint density at radius 2 is 2.35 bits per heavy atom. The molecule has 1 atom stereocenters. The highest BCUT2D eigenvalue weighted by Crippen LogP contribution is 2.20. The van der Waals surface area contributed by atoms with Crippen molar-refractivity contribution in [2.75, 3.05) is 12.3 Å². The van der Waals surface area contributed by atoms with Gasteiger partial charge < -0.3 is 4.84 Å². The van der Waals surface area contributed by atoms with E-state index in [4.69, 9.17) is 9.68 Å². The molecule has 0 saturated carbocycles. The highest BCUT2D eigenvalue weighted by atomic mass is 32.2.